The molecule has 94 valence electrons. The number of carboxylic acids is 1. The molecule has 0 aromatic carbocycles. The molecule has 0 spiro atoms. The summed E-state index contributed by atoms with van der Waals surface area (Å²) in [6, 6.07) is 3.35. The summed E-state index contributed by atoms with van der Waals surface area (Å²) in [5.74, 6) is -1.07. The number of hydrogen-bond acceptors (Lipinski definition) is 5. The van der Waals surface area contributed by atoms with Crippen molar-refractivity contribution in [1.29, 1.82) is 0 Å². The van der Waals surface area contributed by atoms with Crippen molar-refractivity contribution in [2.24, 2.45) is 5.92 Å². The topological polar surface area (TPSA) is 93.8 Å². The molecular formula is C10H10ClN5O2. The molecule has 1 unspecified atom stereocenters. The van der Waals surface area contributed by atoms with Crippen LogP contribution >= 0.6 is 11.6 Å². The third-order valence-electron chi connectivity index (χ3n) is 2.36. The quantitative estimate of drug-likeness (QED) is 0.892. The van der Waals surface area contributed by atoms with E-state index in [0.717, 1.165) is 0 Å². The third-order valence-corrected chi connectivity index (χ3v) is 2.58. The van der Waals surface area contributed by atoms with Crippen molar-refractivity contribution < 1.29 is 9.90 Å². The highest BCUT2D eigenvalue weighted by Crippen LogP contribution is 2.16. The van der Waals surface area contributed by atoms with Gasteiger partial charge in [0.2, 0.25) is 5.82 Å². The highest BCUT2D eigenvalue weighted by molar-refractivity contribution is 6.30. The predicted molar refractivity (Wildman–Crippen MR) is 62.9 cm³/mol. The lowest BCUT2D eigenvalue weighted by Crippen LogP contribution is -2.18. The lowest BCUT2D eigenvalue weighted by Gasteiger charge is -2.07. The largest absolute Gasteiger partial charge is 0.481 e. The van der Waals surface area contributed by atoms with E-state index in [2.05, 4.69) is 20.5 Å². The van der Waals surface area contributed by atoms with Crippen molar-refractivity contribution in [3.63, 3.8) is 0 Å². The molecule has 0 fully saturated rings. The molecule has 2 aromatic rings. The fourth-order valence-electron chi connectivity index (χ4n) is 1.36. The van der Waals surface area contributed by atoms with Gasteiger partial charge in [0.15, 0.2) is 0 Å². The number of tetrazole rings is 1. The van der Waals surface area contributed by atoms with Crippen LogP contribution in [0.5, 0.6) is 0 Å². The minimum Gasteiger partial charge on any atom is -0.481 e. The average molecular weight is 268 g/mol. The van der Waals surface area contributed by atoms with Gasteiger partial charge in [0.05, 0.1) is 17.5 Å². The molecule has 1 atom stereocenters. The minimum atomic E-state index is -0.902. The Bertz CT molecular complexity index is 554. The van der Waals surface area contributed by atoms with Gasteiger partial charge in [-0.2, -0.15) is 0 Å². The second-order valence-corrected chi connectivity index (χ2v) is 4.22. The first-order valence-corrected chi connectivity index (χ1v) is 5.56. The normalized spacial score (nSPS) is 12.3. The molecule has 0 aliphatic rings. The van der Waals surface area contributed by atoms with E-state index in [9.17, 15) is 4.79 Å². The van der Waals surface area contributed by atoms with Gasteiger partial charge in [-0.05, 0) is 22.6 Å². The summed E-state index contributed by atoms with van der Waals surface area (Å²) in [6.07, 6.45) is 1.48. The summed E-state index contributed by atoms with van der Waals surface area (Å²) in [5.41, 5.74) is 0.544. The lowest BCUT2D eigenvalue weighted by atomic mass is 10.2. The molecule has 0 aliphatic heterocycles. The van der Waals surface area contributed by atoms with Gasteiger partial charge in [-0.25, -0.2) is 4.68 Å². The molecule has 2 heterocycles. The molecule has 0 aliphatic carbocycles. The van der Waals surface area contributed by atoms with Crippen LogP contribution in [0.4, 0.5) is 0 Å². The molecule has 7 nitrogen and oxygen atoms in total. The number of hydrogen-bond donors (Lipinski definition) is 1. The zero-order valence-electron chi connectivity index (χ0n) is 9.49. The van der Waals surface area contributed by atoms with Crippen molar-refractivity contribution in [3.05, 3.63) is 23.4 Å². The average Bonchev–Trinajstić information content (AvgIpc) is 2.78. The van der Waals surface area contributed by atoms with E-state index < -0.39 is 11.9 Å². The molecule has 0 saturated heterocycles. The van der Waals surface area contributed by atoms with Gasteiger partial charge in [-0.3, -0.25) is 9.78 Å². The summed E-state index contributed by atoms with van der Waals surface area (Å²) in [7, 11) is 0. The Morgan fingerprint density at radius 3 is 2.94 bits per heavy atom. The number of aliphatic carboxylic acids is 1. The van der Waals surface area contributed by atoms with Crippen LogP contribution in [-0.2, 0) is 11.3 Å². The SMILES string of the molecule is CC(Cn1nnnc1-c1ccc(Cl)cn1)C(=O)O. The van der Waals surface area contributed by atoms with E-state index in [1.807, 2.05) is 0 Å². The Kier molecular flexibility index (Phi) is 3.52. The first-order valence-electron chi connectivity index (χ1n) is 5.19. The fourth-order valence-corrected chi connectivity index (χ4v) is 1.47. The van der Waals surface area contributed by atoms with Crippen LogP contribution < -0.4 is 0 Å². The summed E-state index contributed by atoms with van der Waals surface area (Å²) >= 11 is 5.74. The van der Waals surface area contributed by atoms with Crippen LogP contribution in [0.3, 0.4) is 0 Å². The van der Waals surface area contributed by atoms with E-state index in [-0.39, 0.29) is 6.54 Å². The molecule has 1 N–H and O–H groups in total. The molecule has 0 radical (unpaired) electrons. The van der Waals surface area contributed by atoms with Crippen LogP contribution in [-0.4, -0.2) is 36.3 Å². The molecule has 2 aromatic heterocycles. The maximum atomic E-state index is 10.8. The minimum absolute atomic E-state index is 0.183. The smallest absolute Gasteiger partial charge is 0.308 e. The van der Waals surface area contributed by atoms with Gasteiger partial charge < -0.3 is 5.11 Å². The predicted octanol–water partition coefficient (Wildman–Crippen LogP) is 1.11. The van der Waals surface area contributed by atoms with E-state index in [1.54, 1.807) is 19.1 Å². The van der Waals surface area contributed by atoms with Crippen LogP contribution in [0.2, 0.25) is 5.02 Å². The van der Waals surface area contributed by atoms with Gasteiger partial charge in [-0.1, -0.05) is 18.5 Å². The van der Waals surface area contributed by atoms with Gasteiger partial charge in [0.25, 0.3) is 0 Å². The Labute approximate surface area is 107 Å². The second-order valence-electron chi connectivity index (χ2n) is 3.79. The monoisotopic (exact) mass is 267 g/mol. The van der Waals surface area contributed by atoms with E-state index in [4.69, 9.17) is 16.7 Å². The van der Waals surface area contributed by atoms with Crippen molar-refractivity contribution in [1.82, 2.24) is 25.2 Å². The third kappa shape index (κ3) is 2.62. The first-order chi connectivity index (χ1) is 8.58. The Balaban J connectivity index is 2.27. The zero-order chi connectivity index (χ0) is 13.1. The van der Waals surface area contributed by atoms with Crippen molar-refractivity contribution in [3.8, 4) is 11.5 Å². The number of rotatable bonds is 4. The Hall–Kier alpha value is -2.02. The lowest BCUT2D eigenvalue weighted by molar-refractivity contribution is -0.141. The number of carboxylic acid groups (broad SMARTS) is 1. The number of pyridine rings is 1. The molecular weight excluding hydrogens is 258 g/mol. The summed E-state index contributed by atoms with van der Waals surface area (Å²) in [5, 5.41) is 20.5. The first kappa shape index (κ1) is 12.4. The Morgan fingerprint density at radius 1 is 1.56 bits per heavy atom. The number of nitrogens with zero attached hydrogens (tertiary/aromatic N) is 5. The molecule has 0 bridgehead atoms. The second kappa shape index (κ2) is 5.09. The standard InChI is InChI=1S/C10H10ClN5O2/c1-6(10(17)18)5-16-9(13-14-15-16)8-3-2-7(11)4-12-8/h2-4,6H,5H2,1H3,(H,17,18). The van der Waals surface area contributed by atoms with Crippen LogP contribution in [0.25, 0.3) is 11.5 Å². The fraction of sp³-hybridized carbons (Fsp3) is 0.300. The highest BCUT2D eigenvalue weighted by atomic mass is 35.5. The van der Waals surface area contributed by atoms with E-state index in [1.165, 1.54) is 10.9 Å². The number of carbonyl (C=O) groups is 1. The van der Waals surface area contributed by atoms with Crippen LogP contribution in [0.15, 0.2) is 18.3 Å². The number of aromatic nitrogens is 5. The zero-order valence-corrected chi connectivity index (χ0v) is 10.2. The summed E-state index contributed by atoms with van der Waals surface area (Å²) in [4.78, 5) is 14.9. The Morgan fingerprint density at radius 2 is 2.33 bits per heavy atom. The molecule has 0 saturated carbocycles. The molecule has 0 amide bonds. The van der Waals surface area contributed by atoms with Crippen molar-refractivity contribution >= 4 is 17.6 Å². The van der Waals surface area contributed by atoms with Gasteiger partial charge >= 0.3 is 5.97 Å². The molecule has 8 heteroatoms. The van der Waals surface area contributed by atoms with Crippen LogP contribution in [0.1, 0.15) is 6.92 Å². The highest BCUT2D eigenvalue weighted by Gasteiger charge is 2.17. The maximum Gasteiger partial charge on any atom is 0.308 e. The molecule has 2 rings (SSSR count). The van der Waals surface area contributed by atoms with Crippen molar-refractivity contribution in [2.75, 3.05) is 0 Å². The van der Waals surface area contributed by atoms with Gasteiger partial charge in [0.1, 0.15) is 5.69 Å². The van der Waals surface area contributed by atoms with Gasteiger partial charge in [0, 0.05) is 6.20 Å². The molecule has 18 heavy (non-hydrogen) atoms. The van der Waals surface area contributed by atoms with E-state index >= 15 is 0 Å². The van der Waals surface area contributed by atoms with Crippen molar-refractivity contribution in [2.45, 2.75) is 13.5 Å². The number of halogens is 1. The summed E-state index contributed by atoms with van der Waals surface area (Å²) < 4.78 is 1.41. The van der Waals surface area contributed by atoms with E-state index in [0.29, 0.717) is 16.5 Å². The van der Waals surface area contributed by atoms with Crippen LogP contribution in [0, 0.1) is 5.92 Å². The summed E-state index contributed by atoms with van der Waals surface area (Å²) in [6.45, 7) is 1.77. The maximum absolute atomic E-state index is 10.8. The van der Waals surface area contributed by atoms with Gasteiger partial charge in [-0.15, -0.1) is 5.10 Å².